The summed E-state index contributed by atoms with van der Waals surface area (Å²) in [6.45, 7) is 1.17. The lowest BCUT2D eigenvalue weighted by atomic mass is 9.93. The largest absolute Gasteiger partial charge is 0.423 e. The summed E-state index contributed by atoms with van der Waals surface area (Å²) in [5.74, 6) is -0.204. The smallest absolute Gasteiger partial charge is 0.300 e. The van der Waals surface area contributed by atoms with Crippen molar-refractivity contribution in [1.29, 1.82) is 0 Å². The summed E-state index contributed by atoms with van der Waals surface area (Å²) in [5.41, 5.74) is 9.32. The van der Waals surface area contributed by atoms with Crippen LogP contribution in [0.2, 0.25) is 5.02 Å². The Labute approximate surface area is 228 Å². The van der Waals surface area contributed by atoms with Crippen LogP contribution in [0.4, 0.5) is 21.9 Å². The predicted octanol–water partition coefficient (Wildman–Crippen LogP) is 5.90. The minimum absolute atomic E-state index is 0.122. The number of oxazole rings is 1. The Bertz CT molecular complexity index is 1630. The van der Waals surface area contributed by atoms with E-state index in [1.54, 1.807) is 37.4 Å². The van der Waals surface area contributed by atoms with Crippen molar-refractivity contribution in [1.82, 2.24) is 24.7 Å². The molecule has 1 aliphatic rings. The molecule has 10 nitrogen and oxygen atoms in total. The van der Waals surface area contributed by atoms with Gasteiger partial charge in [0, 0.05) is 17.7 Å². The van der Waals surface area contributed by atoms with Crippen molar-refractivity contribution in [3.8, 4) is 11.3 Å². The Hall–Kier alpha value is -3.80. The maximum Gasteiger partial charge on any atom is 0.300 e. The summed E-state index contributed by atoms with van der Waals surface area (Å²) in [5, 5.41) is 8.92. The molecule has 3 aromatic heterocycles. The maximum atomic E-state index is 15.3. The fourth-order valence-electron chi connectivity index (χ4n) is 5.04. The molecule has 0 radical (unpaired) electrons. The first-order chi connectivity index (χ1) is 19.0. The number of fused-ring (bicyclic) bond motifs is 2. The van der Waals surface area contributed by atoms with E-state index in [1.165, 1.54) is 12.4 Å². The van der Waals surface area contributed by atoms with Crippen LogP contribution < -0.4 is 11.1 Å². The molecule has 6 rings (SSSR count). The molecule has 0 bridgehead atoms. The summed E-state index contributed by atoms with van der Waals surface area (Å²) in [7, 11) is 1.67. The van der Waals surface area contributed by atoms with Gasteiger partial charge in [-0.05, 0) is 56.0 Å². The minimum atomic E-state index is -0.500. The highest BCUT2D eigenvalue weighted by molar-refractivity contribution is 6.31. The Balaban J connectivity index is 1.27. The topological polar surface area (TPSA) is 126 Å². The van der Waals surface area contributed by atoms with Crippen molar-refractivity contribution in [3.05, 3.63) is 53.6 Å². The summed E-state index contributed by atoms with van der Waals surface area (Å²) in [6, 6.07) is 10.2. The number of benzene rings is 2. The fourth-order valence-corrected chi connectivity index (χ4v) is 5.21. The third kappa shape index (κ3) is 5.12. The van der Waals surface area contributed by atoms with Crippen LogP contribution in [0.5, 0.6) is 0 Å². The zero-order chi connectivity index (χ0) is 26.9. The predicted molar refractivity (Wildman–Crippen MR) is 147 cm³/mol. The number of nitrogens with zero attached hydrogens (tertiary/aromatic N) is 5. The van der Waals surface area contributed by atoms with E-state index in [-0.39, 0.29) is 23.8 Å². The number of rotatable bonds is 8. The van der Waals surface area contributed by atoms with E-state index >= 15 is 4.39 Å². The van der Waals surface area contributed by atoms with Gasteiger partial charge in [0.25, 0.3) is 6.01 Å². The van der Waals surface area contributed by atoms with Gasteiger partial charge >= 0.3 is 0 Å². The van der Waals surface area contributed by atoms with Crippen LogP contribution in [-0.4, -0.2) is 51.2 Å². The second kappa shape index (κ2) is 10.8. The minimum Gasteiger partial charge on any atom is -0.423 e. The first-order valence-electron chi connectivity index (χ1n) is 12.7. The van der Waals surface area contributed by atoms with Gasteiger partial charge in [0.1, 0.15) is 29.2 Å². The van der Waals surface area contributed by atoms with Crippen LogP contribution >= 0.6 is 11.6 Å². The Morgan fingerprint density at radius 2 is 1.97 bits per heavy atom. The molecule has 1 aliphatic carbocycles. The van der Waals surface area contributed by atoms with E-state index in [4.69, 9.17) is 36.3 Å². The van der Waals surface area contributed by atoms with Gasteiger partial charge in [-0.2, -0.15) is 10.1 Å². The number of nitrogens with two attached hydrogens (primary N) is 1. The molecule has 0 spiro atoms. The highest BCUT2D eigenvalue weighted by Gasteiger charge is 2.27. The van der Waals surface area contributed by atoms with Crippen LogP contribution in [0.3, 0.4) is 0 Å². The third-order valence-electron chi connectivity index (χ3n) is 6.98. The molecule has 0 saturated heterocycles. The van der Waals surface area contributed by atoms with E-state index < -0.39 is 5.82 Å². The second-order valence-corrected chi connectivity index (χ2v) is 9.93. The zero-order valence-electron chi connectivity index (χ0n) is 21.2. The first-order valence-corrected chi connectivity index (χ1v) is 13.1. The Morgan fingerprint density at radius 3 is 2.77 bits per heavy atom. The molecule has 39 heavy (non-hydrogen) atoms. The Morgan fingerprint density at radius 1 is 1.13 bits per heavy atom. The quantitative estimate of drug-likeness (QED) is 0.227. The number of anilines is 3. The lowest BCUT2D eigenvalue weighted by Crippen LogP contribution is -2.25. The number of ether oxygens (including phenoxy) is 2. The molecule has 1 fully saturated rings. The summed E-state index contributed by atoms with van der Waals surface area (Å²) >= 11 is 6.03. The summed E-state index contributed by atoms with van der Waals surface area (Å²) < 4.78 is 33.9. The number of methoxy groups -OCH3 is 1. The van der Waals surface area contributed by atoms with E-state index in [9.17, 15) is 0 Å². The van der Waals surface area contributed by atoms with Gasteiger partial charge in [0.05, 0.1) is 36.4 Å². The van der Waals surface area contributed by atoms with E-state index in [0.29, 0.717) is 57.4 Å². The van der Waals surface area contributed by atoms with Gasteiger partial charge < -0.3 is 24.9 Å². The molecule has 1 saturated carbocycles. The highest BCUT2D eigenvalue weighted by atomic mass is 35.5. The van der Waals surface area contributed by atoms with Gasteiger partial charge in [-0.1, -0.05) is 17.7 Å². The lowest BCUT2D eigenvalue weighted by molar-refractivity contribution is -0.00691. The number of nitrogen functional groups attached to an aromatic ring is 1. The SMILES string of the molecule is COCCOC1CCC(n2nc(-c3ccc(Nc4nc5cc(Cl)ccc5o4)c(F)c3)c3c(N)ncnc32)CC1. The van der Waals surface area contributed by atoms with Gasteiger partial charge in [0.2, 0.25) is 0 Å². The maximum absolute atomic E-state index is 15.3. The Kier molecular flexibility index (Phi) is 7.03. The zero-order valence-corrected chi connectivity index (χ0v) is 22.0. The normalized spacial score (nSPS) is 17.7. The van der Waals surface area contributed by atoms with Crippen molar-refractivity contribution in [2.75, 3.05) is 31.4 Å². The van der Waals surface area contributed by atoms with Crippen molar-refractivity contribution in [2.24, 2.45) is 0 Å². The van der Waals surface area contributed by atoms with E-state index in [0.717, 1.165) is 25.7 Å². The molecule has 3 N–H and O–H groups in total. The molecule has 3 heterocycles. The van der Waals surface area contributed by atoms with Crippen molar-refractivity contribution in [2.45, 2.75) is 37.8 Å². The fraction of sp³-hybridized carbons (Fsp3) is 0.333. The van der Waals surface area contributed by atoms with Gasteiger partial charge in [-0.25, -0.2) is 19.0 Å². The first kappa shape index (κ1) is 25.5. The molecule has 0 unspecified atom stereocenters. The van der Waals surface area contributed by atoms with Crippen molar-refractivity contribution >= 4 is 51.3 Å². The highest BCUT2D eigenvalue weighted by Crippen LogP contribution is 2.37. The summed E-state index contributed by atoms with van der Waals surface area (Å²) in [4.78, 5) is 13.0. The van der Waals surface area contributed by atoms with Crippen LogP contribution in [0, 0.1) is 5.82 Å². The van der Waals surface area contributed by atoms with Gasteiger partial charge in [-0.15, -0.1) is 0 Å². The van der Waals surface area contributed by atoms with E-state index in [2.05, 4.69) is 20.3 Å². The molecule has 2 aromatic carbocycles. The summed E-state index contributed by atoms with van der Waals surface area (Å²) in [6.07, 6.45) is 5.20. The molecule has 202 valence electrons. The molecule has 12 heteroatoms. The van der Waals surface area contributed by atoms with Gasteiger partial charge in [0.15, 0.2) is 11.2 Å². The lowest BCUT2D eigenvalue weighted by Gasteiger charge is -2.28. The average molecular weight is 552 g/mol. The molecular weight excluding hydrogens is 525 g/mol. The van der Waals surface area contributed by atoms with Crippen LogP contribution in [0.25, 0.3) is 33.4 Å². The molecule has 0 atom stereocenters. The molecule has 0 amide bonds. The third-order valence-corrected chi connectivity index (χ3v) is 7.22. The van der Waals surface area contributed by atoms with Crippen molar-refractivity contribution in [3.63, 3.8) is 0 Å². The number of halogens is 2. The second-order valence-electron chi connectivity index (χ2n) is 9.50. The van der Waals surface area contributed by atoms with Crippen LogP contribution in [-0.2, 0) is 9.47 Å². The molecule has 0 aliphatic heterocycles. The molecular formula is C27H27ClFN7O3. The van der Waals surface area contributed by atoms with Gasteiger partial charge in [-0.3, -0.25) is 0 Å². The number of nitrogens with one attached hydrogen (secondary N) is 1. The standard InChI is InChI=1S/C27H27ClFN7O3/c1-37-10-11-38-18-6-4-17(5-7-18)36-26-23(25(30)31-14-32-26)24(35-36)15-2-8-20(19(29)12-15)33-27-34-21-13-16(28)3-9-22(21)39-27/h2-3,8-9,12-14,17-18H,4-7,10-11H2,1H3,(H,33,34)(H2,30,31,32). The molecule has 5 aromatic rings. The average Bonchev–Trinajstić information content (AvgIpc) is 3.52. The number of hydrogen-bond donors (Lipinski definition) is 2. The van der Waals surface area contributed by atoms with Crippen molar-refractivity contribution < 1.29 is 18.3 Å². The van der Waals surface area contributed by atoms with Crippen LogP contribution in [0.15, 0.2) is 47.1 Å². The number of aromatic nitrogens is 5. The van der Waals surface area contributed by atoms with E-state index in [1.807, 2.05) is 4.68 Å². The number of hydrogen-bond acceptors (Lipinski definition) is 9. The van der Waals surface area contributed by atoms with Crippen LogP contribution in [0.1, 0.15) is 31.7 Å². The monoisotopic (exact) mass is 551 g/mol.